The number of aromatic nitrogens is 1. The van der Waals surface area contributed by atoms with Crippen LogP contribution in [-0.4, -0.2) is 10.9 Å². The molecule has 0 aliphatic heterocycles. The van der Waals surface area contributed by atoms with Gasteiger partial charge in [-0.1, -0.05) is 23.5 Å². The van der Waals surface area contributed by atoms with E-state index in [0.717, 1.165) is 9.13 Å². The normalized spacial score (nSPS) is 10.2. The number of benzene rings is 1. The first kappa shape index (κ1) is 12.3. The SMILES string of the molecule is Nc1ncc(C(=O)NCc2cccc(I)c2)s1. The number of amides is 1. The molecule has 0 fully saturated rings. The zero-order chi connectivity index (χ0) is 12.3. The molecule has 0 spiro atoms. The number of hydrogen-bond donors (Lipinski definition) is 2. The van der Waals surface area contributed by atoms with Crippen LogP contribution in [0, 0.1) is 3.57 Å². The summed E-state index contributed by atoms with van der Waals surface area (Å²) in [7, 11) is 0. The smallest absolute Gasteiger partial charge is 0.263 e. The zero-order valence-corrected chi connectivity index (χ0v) is 11.8. The zero-order valence-electron chi connectivity index (χ0n) is 8.81. The summed E-state index contributed by atoms with van der Waals surface area (Å²) in [5, 5.41) is 3.24. The van der Waals surface area contributed by atoms with Gasteiger partial charge in [-0.15, -0.1) is 0 Å². The minimum atomic E-state index is -0.141. The Balaban J connectivity index is 1.97. The molecular weight excluding hydrogens is 349 g/mol. The summed E-state index contributed by atoms with van der Waals surface area (Å²) >= 11 is 3.43. The Bertz CT molecular complexity index is 541. The molecule has 17 heavy (non-hydrogen) atoms. The van der Waals surface area contributed by atoms with Gasteiger partial charge in [0.15, 0.2) is 5.13 Å². The molecule has 0 atom stereocenters. The van der Waals surface area contributed by atoms with E-state index in [2.05, 4.69) is 32.9 Å². The Labute approximate surface area is 116 Å². The maximum atomic E-state index is 11.7. The van der Waals surface area contributed by atoms with Crippen molar-refractivity contribution in [2.75, 3.05) is 5.73 Å². The number of carbonyl (C=O) groups is 1. The molecule has 1 aromatic heterocycles. The van der Waals surface area contributed by atoms with Gasteiger partial charge in [-0.25, -0.2) is 4.98 Å². The highest BCUT2D eigenvalue weighted by molar-refractivity contribution is 14.1. The van der Waals surface area contributed by atoms with E-state index < -0.39 is 0 Å². The molecule has 0 saturated carbocycles. The van der Waals surface area contributed by atoms with E-state index in [4.69, 9.17) is 5.73 Å². The summed E-state index contributed by atoms with van der Waals surface area (Å²) in [6.45, 7) is 0.507. The number of carbonyl (C=O) groups excluding carboxylic acids is 1. The summed E-state index contributed by atoms with van der Waals surface area (Å²) in [6.07, 6.45) is 1.49. The summed E-state index contributed by atoms with van der Waals surface area (Å²) in [5.74, 6) is -0.141. The van der Waals surface area contributed by atoms with Crippen LogP contribution in [0.1, 0.15) is 15.2 Å². The van der Waals surface area contributed by atoms with E-state index in [1.54, 1.807) is 0 Å². The standard InChI is InChI=1S/C11H10IN3OS/c12-8-3-1-2-7(4-8)5-14-10(16)9-6-15-11(13)17-9/h1-4,6H,5H2,(H2,13,15)(H,14,16). The second-order valence-corrected chi connectivity index (χ2v) is 5.68. The summed E-state index contributed by atoms with van der Waals surface area (Å²) in [6, 6.07) is 7.98. The van der Waals surface area contributed by atoms with Crippen LogP contribution >= 0.6 is 33.9 Å². The van der Waals surface area contributed by atoms with Gasteiger partial charge in [0.05, 0.1) is 6.20 Å². The average Bonchev–Trinajstić information content (AvgIpc) is 2.73. The number of nitrogen functional groups attached to an aromatic ring is 1. The van der Waals surface area contributed by atoms with Crippen molar-refractivity contribution in [1.82, 2.24) is 10.3 Å². The Morgan fingerprint density at radius 3 is 3.00 bits per heavy atom. The highest BCUT2D eigenvalue weighted by Crippen LogP contribution is 2.14. The van der Waals surface area contributed by atoms with Gasteiger partial charge in [0, 0.05) is 10.1 Å². The molecule has 0 bridgehead atoms. The van der Waals surface area contributed by atoms with Crippen LogP contribution in [0.15, 0.2) is 30.5 Å². The fourth-order valence-corrected chi connectivity index (χ4v) is 2.52. The number of halogens is 1. The van der Waals surface area contributed by atoms with Gasteiger partial charge < -0.3 is 11.1 Å². The van der Waals surface area contributed by atoms with Crippen molar-refractivity contribution in [3.8, 4) is 0 Å². The molecule has 3 N–H and O–H groups in total. The van der Waals surface area contributed by atoms with E-state index in [-0.39, 0.29) is 5.91 Å². The lowest BCUT2D eigenvalue weighted by Crippen LogP contribution is -2.21. The van der Waals surface area contributed by atoms with Crippen LogP contribution in [-0.2, 0) is 6.54 Å². The molecule has 0 radical (unpaired) electrons. The number of hydrogen-bond acceptors (Lipinski definition) is 4. The summed E-state index contributed by atoms with van der Waals surface area (Å²) in [5.41, 5.74) is 6.54. The molecular formula is C11H10IN3OS. The fourth-order valence-electron chi connectivity index (χ4n) is 1.31. The molecule has 88 valence electrons. The molecule has 0 saturated heterocycles. The quantitative estimate of drug-likeness (QED) is 0.827. The number of nitrogens with one attached hydrogen (secondary N) is 1. The van der Waals surface area contributed by atoms with Gasteiger partial charge >= 0.3 is 0 Å². The number of thiazole rings is 1. The van der Waals surface area contributed by atoms with Crippen molar-refractivity contribution in [2.24, 2.45) is 0 Å². The predicted molar refractivity (Wildman–Crippen MR) is 76.9 cm³/mol. The van der Waals surface area contributed by atoms with Crippen molar-refractivity contribution < 1.29 is 4.79 Å². The predicted octanol–water partition coefficient (Wildman–Crippen LogP) is 2.26. The molecule has 0 aliphatic rings. The lowest BCUT2D eigenvalue weighted by Gasteiger charge is -2.03. The molecule has 1 aromatic carbocycles. The lowest BCUT2D eigenvalue weighted by molar-refractivity contribution is 0.0955. The minimum absolute atomic E-state index is 0.141. The van der Waals surface area contributed by atoms with Gasteiger partial charge in [-0.3, -0.25) is 4.79 Å². The molecule has 1 amide bonds. The van der Waals surface area contributed by atoms with Crippen molar-refractivity contribution in [3.63, 3.8) is 0 Å². The highest BCUT2D eigenvalue weighted by Gasteiger charge is 2.08. The maximum absolute atomic E-state index is 11.7. The van der Waals surface area contributed by atoms with Crippen LogP contribution in [0.4, 0.5) is 5.13 Å². The van der Waals surface area contributed by atoms with E-state index in [1.165, 1.54) is 17.5 Å². The third-order valence-electron chi connectivity index (χ3n) is 2.09. The molecule has 6 heteroatoms. The third kappa shape index (κ3) is 3.40. The Morgan fingerprint density at radius 1 is 1.53 bits per heavy atom. The molecule has 4 nitrogen and oxygen atoms in total. The van der Waals surface area contributed by atoms with Crippen molar-refractivity contribution in [2.45, 2.75) is 6.54 Å². The molecule has 0 aliphatic carbocycles. The number of rotatable bonds is 3. The highest BCUT2D eigenvalue weighted by atomic mass is 127. The largest absolute Gasteiger partial charge is 0.375 e. The lowest BCUT2D eigenvalue weighted by atomic mass is 10.2. The van der Waals surface area contributed by atoms with Crippen molar-refractivity contribution in [1.29, 1.82) is 0 Å². The Morgan fingerprint density at radius 2 is 2.35 bits per heavy atom. The first-order valence-electron chi connectivity index (χ1n) is 4.89. The number of nitrogens with zero attached hydrogens (tertiary/aromatic N) is 1. The van der Waals surface area contributed by atoms with Crippen molar-refractivity contribution >= 4 is 45.0 Å². The van der Waals surface area contributed by atoms with Gasteiger partial charge in [-0.05, 0) is 40.3 Å². The molecule has 0 unspecified atom stereocenters. The maximum Gasteiger partial charge on any atom is 0.263 e. The van der Waals surface area contributed by atoms with E-state index >= 15 is 0 Å². The van der Waals surface area contributed by atoms with Crippen molar-refractivity contribution in [3.05, 3.63) is 44.5 Å². The van der Waals surface area contributed by atoms with Gasteiger partial charge in [0.25, 0.3) is 5.91 Å². The molecule has 2 aromatic rings. The first-order valence-corrected chi connectivity index (χ1v) is 6.78. The van der Waals surface area contributed by atoms with Crippen LogP contribution in [0.5, 0.6) is 0 Å². The molecule has 2 rings (SSSR count). The Kier molecular flexibility index (Phi) is 3.95. The second-order valence-electron chi connectivity index (χ2n) is 3.38. The third-order valence-corrected chi connectivity index (χ3v) is 3.59. The summed E-state index contributed by atoms with van der Waals surface area (Å²) in [4.78, 5) is 16.1. The first-order chi connectivity index (χ1) is 8.15. The Hall–Kier alpha value is -1.15. The fraction of sp³-hybridized carbons (Fsp3) is 0.0909. The van der Waals surface area contributed by atoms with Gasteiger partial charge in [0.1, 0.15) is 4.88 Å². The average molecular weight is 359 g/mol. The minimum Gasteiger partial charge on any atom is -0.375 e. The van der Waals surface area contributed by atoms with Gasteiger partial charge in [0.2, 0.25) is 0 Å². The van der Waals surface area contributed by atoms with E-state index in [9.17, 15) is 4.79 Å². The van der Waals surface area contributed by atoms with Gasteiger partial charge in [-0.2, -0.15) is 0 Å². The number of anilines is 1. The monoisotopic (exact) mass is 359 g/mol. The second kappa shape index (κ2) is 5.46. The van der Waals surface area contributed by atoms with Crippen LogP contribution in [0.25, 0.3) is 0 Å². The van der Waals surface area contributed by atoms with E-state index in [1.807, 2.05) is 24.3 Å². The summed E-state index contributed by atoms with van der Waals surface area (Å²) < 4.78 is 1.15. The van der Waals surface area contributed by atoms with Crippen LogP contribution in [0.2, 0.25) is 0 Å². The molecule has 1 heterocycles. The topological polar surface area (TPSA) is 68.0 Å². The number of nitrogens with two attached hydrogens (primary N) is 1. The van der Waals surface area contributed by atoms with E-state index in [0.29, 0.717) is 16.6 Å². The van der Waals surface area contributed by atoms with Crippen LogP contribution < -0.4 is 11.1 Å². The van der Waals surface area contributed by atoms with Crippen LogP contribution in [0.3, 0.4) is 0 Å².